The Morgan fingerprint density at radius 3 is 2.67 bits per heavy atom. The van der Waals surface area contributed by atoms with E-state index in [-0.39, 0.29) is 18.2 Å². The summed E-state index contributed by atoms with van der Waals surface area (Å²) in [4.78, 5) is 25.0. The van der Waals surface area contributed by atoms with E-state index in [9.17, 15) is 23.1 Å². The molecule has 1 saturated carbocycles. The third-order valence-electron chi connectivity index (χ3n) is 5.43. The van der Waals surface area contributed by atoms with Crippen LogP contribution in [-0.4, -0.2) is 49.7 Å². The Hall–Kier alpha value is -2.20. The Morgan fingerprint density at radius 2 is 2.04 bits per heavy atom. The first kappa shape index (κ1) is 18.2. The molecule has 10 heteroatoms. The van der Waals surface area contributed by atoms with Crippen molar-refractivity contribution in [3.05, 3.63) is 23.0 Å². The summed E-state index contributed by atoms with van der Waals surface area (Å²) in [5.41, 5.74) is 0.460. The van der Waals surface area contributed by atoms with Crippen molar-refractivity contribution in [1.82, 2.24) is 9.62 Å². The van der Waals surface area contributed by atoms with Gasteiger partial charge in [-0.1, -0.05) is 0 Å². The fraction of sp³-hybridized carbons (Fsp3) is 0.529. The van der Waals surface area contributed by atoms with E-state index in [0.29, 0.717) is 47.8 Å². The fourth-order valence-corrected chi connectivity index (χ4v) is 5.31. The predicted octanol–water partition coefficient (Wildman–Crippen LogP) is 0.440. The van der Waals surface area contributed by atoms with Gasteiger partial charge in [-0.2, -0.15) is 8.42 Å². The second-order valence-corrected chi connectivity index (χ2v) is 8.96. The van der Waals surface area contributed by atoms with Gasteiger partial charge in [0.2, 0.25) is 0 Å². The first-order valence-electron chi connectivity index (χ1n) is 8.85. The highest BCUT2D eigenvalue weighted by Gasteiger charge is 2.39. The first-order chi connectivity index (χ1) is 12.7. The van der Waals surface area contributed by atoms with Gasteiger partial charge in [0.15, 0.2) is 5.82 Å². The second kappa shape index (κ2) is 6.45. The zero-order valence-electron chi connectivity index (χ0n) is 14.6. The number of carbonyl (C=O) groups excluding carboxylic acids is 2. The van der Waals surface area contributed by atoms with Crippen molar-refractivity contribution in [1.29, 1.82) is 0 Å². The Morgan fingerprint density at radius 1 is 1.26 bits per heavy atom. The Bertz CT molecular complexity index is 933. The topological polar surface area (TPSA) is 107 Å². The summed E-state index contributed by atoms with van der Waals surface area (Å²) in [6.07, 6.45) is 2.50. The van der Waals surface area contributed by atoms with Gasteiger partial charge in [0.05, 0.1) is 0 Å². The molecule has 3 aliphatic rings. The average Bonchev–Trinajstić information content (AvgIpc) is 3.10. The molecule has 2 N–H and O–H groups in total. The van der Waals surface area contributed by atoms with Gasteiger partial charge in [-0.15, -0.1) is 0 Å². The summed E-state index contributed by atoms with van der Waals surface area (Å²) in [6.45, 7) is 1.06. The molecule has 4 rings (SSSR count). The highest BCUT2D eigenvalue weighted by Crippen LogP contribution is 2.39. The van der Waals surface area contributed by atoms with Gasteiger partial charge < -0.3 is 5.11 Å². The lowest BCUT2D eigenvalue weighted by Gasteiger charge is -2.32. The molecule has 8 nitrogen and oxygen atoms in total. The Balaban J connectivity index is 1.63. The van der Waals surface area contributed by atoms with E-state index in [1.807, 2.05) is 0 Å². The second-order valence-electron chi connectivity index (χ2n) is 7.37. The lowest BCUT2D eigenvalue weighted by Crippen LogP contribution is -2.36. The van der Waals surface area contributed by atoms with Gasteiger partial charge >= 0.3 is 10.2 Å². The molecule has 1 aromatic carbocycles. The number of nitrogens with one attached hydrogen (secondary N) is 1. The summed E-state index contributed by atoms with van der Waals surface area (Å²) in [7, 11) is -4.22. The Labute approximate surface area is 156 Å². The lowest BCUT2D eigenvalue weighted by molar-refractivity contribution is -0.118. The van der Waals surface area contributed by atoms with E-state index in [4.69, 9.17) is 0 Å². The molecule has 0 bridgehead atoms. The van der Waals surface area contributed by atoms with Crippen LogP contribution in [0.4, 0.5) is 10.1 Å². The van der Waals surface area contributed by atoms with Crippen molar-refractivity contribution < 1.29 is 27.5 Å². The number of amides is 1. The van der Waals surface area contributed by atoms with Gasteiger partial charge in [-0.25, -0.2) is 13.4 Å². The van der Waals surface area contributed by atoms with E-state index >= 15 is 4.39 Å². The van der Waals surface area contributed by atoms with E-state index in [1.54, 1.807) is 4.72 Å². The number of aromatic hydroxyl groups is 1. The summed E-state index contributed by atoms with van der Waals surface area (Å²) >= 11 is 0. The summed E-state index contributed by atoms with van der Waals surface area (Å²) in [6, 6.07) is 1.38. The molecule has 1 amide bonds. The van der Waals surface area contributed by atoms with E-state index in [2.05, 4.69) is 4.90 Å². The van der Waals surface area contributed by atoms with Crippen LogP contribution in [-0.2, 0) is 32.8 Å². The lowest BCUT2D eigenvalue weighted by atomic mass is 9.96. The van der Waals surface area contributed by atoms with Crippen molar-refractivity contribution >= 4 is 27.6 Å². The summed E-state index contributed by atoms with van der Waals surface area (Å²) < 4.78 is 41.6. The molecule has 1 aliphatic carbocycles. The van der Waals surface area contributed by atoms with Crippen LogP contribution in [0.15, 0.2) is 6.07 Å². The molecule has 0 unspecified atom stereocenters. The predicted molar refractivity (Wildman–Crippen MR) is 93.8 cm³/mol. The maximum Gasteiger partial charge on any atom is 0.326 e. The van der Waals surface area contributed by atoms with Crippen LogP contribution in [0.5, 0.6) is 5.75 Å². The highest BCUT2D eigenvalue weighted by molar-refractivity contribution is 7.92. The van der Waals surface area contributed by atoms with Crippen LogP contribution < -0.4 is 9.03 Å². The molecule has 27 heavy (non-hydrogen) atoms. The third-order valence-corrected chi connectivity index (χ3v) is 6.80. The van der Waals surface area contributed by atoms with Crippen molar-refractivity contribution in [2.24, 2.45) is 5.92 Å². The number of ketones is 1. The first-order valence-corrected chi connectivity index (χ1v) is 10.3. The van der Waals surface area contributed by atoms with Crippen molar-refractivity contribution in [3.8, 4) is 5.75 Å². The highest BCUT2D eigenvalue weighted by atomic mass is 32.2. The molecule has 2 aliphatic heterocycles. The zero-order chi connectivity index (χ0) is 19.3. The number of fused-ring (bicyclic) bond motifs is 1. The molecule has 0 radical (unpaired) electrons. The minimum absolute atomic E-state index is 0.257. The van der Waals surface area contributed by atoms with Crippen molar-refractivity contribution in [2.45, 2.75) is 32.2 Å². The maximum atomic E-state index is 15.2. The zero-order valence-corrected chi connectivity index (χ0v) is 15.4. The minimum Gasteiger partial charge on any atom is -0.506 e. The summed E-state index contributed by atoms with van der Waals surface area (Å²) in [5.74, 6) is -1.58. The molecular formula is C17H20FN3O5S. The van der Waals surface area contributed by atoms with E-state index in [1.165, 1.54) is 6.07 Å². The molecule has 1 atom stereocenters. The number of halogens is 1. The minimum atomic E-state index is -4.22. The average molecular weight is 397 g/mol. The molecule has 146 valence electrons. The van der Waals surface area contributed by atoms with Crippen molar-refractivity contribution in [3.63, 3.8) is 0 Å². The quantitative estimate of drug-likeness (QED) is 0.767. The van der Waals surface area contributed by atoms with Gasteiger partial charge in [0.25, 0.3) is 5.91 Å². The number of anilines is 1. The largest absolute Gasteiger partial charge is 0.506 e. The van der Waals surface area contributed by atoms with Crippen LogP contribution in [0.1, 0.15) is 30.4 Å². The summed E-state index contributed by atoms with van der Waals surface area (Å²) in [5, 5.41) is 10.2. The van der Waals surface area contributed by atoms with Gasteiger partial charge in [0, 0.05) is 38.0 Å². The maximum absolute atomic E-state index is 15.2. The molecule has 2 heterocycles. The number of phenolic OH excluding ortho intramolecular Hbond substituents is 1. The van der Waals surface area contributed by atoms with Crippen LogP contribution >= 0.6 is 0 Å². The number of rotatable bonds is 3. The number of hydrogen-bond donors (Lipinski definition) is 2. The van der Waals surface area contributed by atoms with Crippen LogP contribution in [0, 0.1) is 11.7 Å². The van der Waals surface area contributed by atoms with E-state index in [0.717, 1.165) is 6.42 Å². The Kier molecular flexibility index (Phi) is 4.34. The van der Waals surface area contributed by atoms with Crippen LogP contribution in [0.25, 0.3) is 0 Å². The number of phenols is 1. The monoisotopic (exact) mass is 397 g/mol. The molecular weight excluding hydrogens is 377 g/mol. The molecule has 0 spiro atoms. The fourth-order valence-electron chi connectivity index (χ4n) is 4.14. The molecule has 0 aromatic heterocycles. The SMILES string of the molecule is O=C1CC[C@@H](CN2CCc3cc(O)c(N4CC(=O)NS4(=O)=O)c(F)c3C2)C1. The number of carbonyl (C=O) groups is 2. The van der Waals surface area contributed by atoms with Gasteiger partial charge in [-0.05, 0) is 30.4 Å². The third kappa shape index (κ3) is 3.27. The number of nitrogens with zero attached hydrogens (tertiary/aromatic N) is 2. The standard InChI is InChI=1S/C17H20FN3O5S/c18-16-13-8-20(7-10-1-2-12(22)5-10)4-3-11(13)6-14(23)17(16)21-9-15(24)19-27(21,25)26/h6,10,23H,1-5,7-9H2,(H,19,24)/t10-/m1/s1. The number of Topliss-reactive ketones (excluding diaryl/α,β-unsaturated/α-hetero) is 1. The smallest absolute Gasteiger partial charge is 0.326 e. The van der Waals surface area contributed by atoms with Gasteiger partial charge in [0.1, 0.15) is 23.8 Å². The van der Waals surface area contributed by atoms with Crippen molar-refractivity contribution in [2.75, 3.05) is 23.9 Å². The number of benzene rings is 1. The normalized spacial score (nSPS) is 24.9. The number of hydrogen-bond acceptors (Lipinski definition) is 6. The molecule has 1 aromatic rings. The van der Waals surface area contributed by atoms with E-state index < -0.39 is 39.9 Å². The molecule has 1 saturated heterocycles. The van der Waals surface area contributed by atoms with Crippen LogP contribution in [0.3, 0.4) is 0 Å². The van der Waals surface area contributed by atoms with Gasteiger partial charge in [-0.3, -0.25) is 14.5 Å². The van der Waals surface area contributed by atoms with Crippen LogP contribution in [0.2, 0.25) is 0 Å². The molecule has 2 fully saturated rings.